The van der Waals surface area contributed by atoms with Crippen LogP contribution in [0.1, 0.15) is 10.5 Å². The number of carboxylic acids is 1. The molecule has 1 aromatic carbocycles. The lowest BCUT2D eigenvalue weighted by Crippen LogP contribution is -2.03. The number of aromatic nitrogens is 2. The fraction of sp³-hybridized carbons (Fsp3) is 0. The first-order valence-corrected chi connectivity index (χ1v) is 5.08. The fourth-order valence-electron chi connectivity index (χ4n) is 1.35. The molecule has 1 heterocycles. The summed E-state index contributed by atoms with van der Waals surface area (Å²) in [5.41, 5.74) is 0.364. The van der Waals surface area contributed by atoms with Gasteiger partial charge in [0.15, 0.2) is 0 Å². The van der Waals surface area contributed by atoms with Crippen LogP contribution in [0.5, 0.6) is 0 Å². The Kier molecular flexibility index (Phi) is 2.97. The Bertz CT molecular complexity index is 639. The third-order valence-electron chi connectivity index (χ3n) is 2.07. The smallest absolute Gasteiger partial charge is 0.352 e. The summed E-state index contributed by atoms with van der Waals surface area (Å²) in [5.74, 6) is -1.34. The van der Waals surface area contributed by atoms with Crippen molar-refractivity contribution in [2.24, 2.45) is 0 Å². The molecule has 0 spiro atoms. The van der Waals surface area contributed by atoms with Crippen LogP contribution in [0.2, 0.25) is 0 Å². The van der Waals surface area contributed by atoms with E-state index in [4.69, 9.17) is 17.3 Å². The van der Waals surface area contributed by atoms with E-state index in [1.54, 1.807) is 6.07 Å². The summed E-state index contributed by atoms with van der Waals surface area (Å²) in [6.45, 7) is 0. The molecule has 0 aliphatic rings. The average Bonchev–Trinajstić information content (AvgIpc) is 2.28. The Labute approximate surface area is 101 Å². The molecule has 0 saturated heterocycles. The minimum atomic E-state index is -1.14. The van der Waals surface area contributed by atoms with Gasteiger partial charge >= 0.3 is 5.97 Å². The predicted octanol–water partition coefficient (Wildman–Crippen LogP) is 2.64. The van der Waals surface area contributed by atoms with E-state index in [-0.39, 0.29) is 16.2 Å². The molecule has 0 aliphatic carbocycles. The topological polar surface area (TPSA) is 66.0 Å². The fourth-order valence-corrected chi connectivity index (χ4v) is 1.55. The van der Waals surface area contributed by atoms with Crippen molar-refractivity contribution < 1.29 is 14.3 Å². The van der Waals surface area contributed by atoms with Gasteiger partial charge in [-0.1, -0.05) is 24.4 Å². The van der Waals surface area contributed by atoms with Crippen molar-refractivity contribution in [3.05, 3.63) is 46.5 Å². The molecule has 2 N–H and O–H groups in total. The zero-order chi connectivity index (χ0) is 12.4. The molecule has 86 valence electrons. The molecule has 6 heteroatoms. The van der Waals surface area contributed by atoms with Gasteiger partial charge in [-0.3, -0.25) is 0 Å². The van der Waals surface area contributed by atoms with E-state index in [2.05, 4.69) is 9.97 Å². The molecule has 2 aromatic rings. The van der Waals surface area contributed by atoms with Crippen LogP contribution in [-0.2, 0) is 0 Å². The van der Waals surface area contributed by atoms with E-state index < -0.39 is 11.8 Å². The van der Waals surface area contributed by atoms with Gasteiger partial charge in [0.25, 0.3) is 0 Å². The molecule has 0 unspecified atom stereocenters. The molecule has 4 nitrogen and oxygen atoms in total. The number of hydrogen-bond acceptors (Lipinski definition) is 3. The lowest BCUT2D eigenvalue weighted by atomic mass is 10.2. The number of nitrogens with zero attached hydrogens (tertiary/aromatic N) is 1. The Balaban J connectivity index is 2.60. The summed E-state index contributed by atoms with van der Waals surface area (Å²) in [6, 6.07) is 6.90. The second-order valence-corrected chi connectivity index (χ2v) is 3.72. The van der Waals surface area contributed by atoms with Crippen LogP contribution in [0.25, 0.3) is 11.4 Å². The van der Waals surface area contributed by atoms with Crippen molar-refractivity contribution >= 4 is 18.2 Å². The second kappa shape index (κ2) is 4.42. The monoisotopic (exact) mass is 250 g/mol. The predicted molar refractivity (Wildman–Crippen MR) is 61.8 cm³/mol. The van der Waals surface area contributed by atoms with Crippen molar-refractivity contribution in [2.75, 3.05) is 0 Å². The van der Waals surface area contributed by atoms with Crippen LogP contribution in [0.15, 0.2) is 30.3 Å². The molecule has 2 rings (SSSR count). The first kappa shape index (κ1) is 11.4. The van der Waals surface area contributed by atoms with E-state index in [0.29, 0.717) is 5.56 Å². The number of rotatable bonds is 2. The van der Waals surface area contributed by atoms with Crippen LogP contribution in [-0.4, -0.2) is 21.0 Å². The van der Waals surface area contributed by atoms with Crippen LogP contribution >= 0.6 is 12.2 Å². The van der Waals surface area contributed by atoms with E-state index in [0.717, 1.165) is 0 Å². The Morgan fingerprint density at radius 2 is 2.18 bits per heavy atom. The summed E-state index contributed by atoms with van der Waals surface area (Å²) in [5, 5.41) is 8.86. The zero-order valence-corrected chi connectivity index (χ0v) is 9.29. The van der Waals surface area contributed by atoms with Crippen molar-refractivity contribution in [1.82, 2.24) is 9.97 Å². The van der Waals surface area contributed by atoms with Gasteiger partial charge in [0.1, 0.15) is 22.0 Å². The van der Waals surface area contributed by atoms with E-state index in [1.165, 1.54) is 24.3 Å². The maximum Gasteiger partial charge on any atom is 0.352 e. The van der Waals surface area contributed by atoms with Crippen molar-refractivity contribution in [2.45, 2.75) is 0 Å². The lowest BCUT2D eigenvalue weighted by Gasteiger charge is -2.03. The number of hydrogen-bond donors (Lipinski definition) is 2. The minimum absolute atomic E-state index is 0.0794. The number of aromatic carboxylic acids is 1. The number of nitrogens with one attached hydrogen (secondary N) is 1. The van der Waals surface area contributed by atoms with Crippen LogP contribution in [0, 0.1) is 10.5 Å². The SMILES string of the molecule is O=C(O)c1cc(=S)nc(-c2cccc(F)c2)[nH]1. The molecule has 0 radical (unpaired) electrons. The summed E-state index contributed by atoms with van der Waals surface area (Å²) < 4.78 is 13.2. The summed E-state index contributed by atoms with van der Waals surface area (Å²) in [7, 11) is 0. The largest absolute Gasteiger partial charge is 0.477 e. The van der Waals surface area contributed by atoms with Crippen molar-refractivity contribution in [3.63, 3.8) is 0 Å². The highest BCUT2D eigenvalue weighted by atomic mass is 32.1. The Morgan fingerprint density at radius 3 is 2.82 bits per heavy atom. The van der Waals surface area contributed by atoms with E-state index >= 15 is 0 Å². The molecule has 0 aliphatic heterocycles. The highest BCUT2D eigenvalue weighted by Crippen LogP contribution is 2.16. The Hall–Kier alpha value is -2.08. The van der Waals surface area contributed by atoms with Crippen LogP contribution in [0.3, 0.4) is 0 Å². The molecule has 0 amide bonds. The van der Waals surface area contributed by atoms with Gasteiger partial charge in [-0.15, -0.1) is 0 Å². The van der Waals surface area contributed by atoms with Gasteiger partial charge in [-0.05, 0) is 12.1 Å². The molecular formula is C11H7FN2O2S. The zero-order valence-electron chi connectivity index (χ0n) is 8.48. The van der Waals surface area contributed by atoms with Gasteiger partial charge < -0.3 is 10.1 Å². The molecule has 0 bridgehead atoms. The van der Waals surface area contributed by atoms with Gasteiger partial charge in [0.2, 0.25) is 0 Å². The lowest BCUT2D eigenvalue weighted by molar-refractivity contribution is 0.0690. The minimum Gasteiger partial charge on any atom is -0.477 e. The maximum atomic E-state index is 13.0. The molecule has 0 fully saturated rings. The van der Waals surface area contributed by atoms with Crippen LogP contribution in [0.4, 0.5) is 4.39 Å². The summed E-state index contributed by atoms with van der Waals surface area (Å²) >= 11 is 4.85. The molecular weight excluding hydrogens is 243 g/mol. The maximum absolute atomic E-state index is 13.0. The average molecular weight is 250 g/mol. The highest BCUT2D eigenvalue weighted by Gasteiger charge is 2.07. The Morgan fingerprint density at radius 1 is 1.41 bits per heavy atom. The van der Waals surface area contributed by atoms with Gasteiger partial charge in [0.05, 0.1) is 0 Å². The van der Waals surface area contributed by atoms with E-state index in [1.807, 2.05) is 0 Å². The number of benzene rings is 1. The summed E-state index contributed by atoms with van der Waals surface area (Å²) in [6.07, 6.45) is 0. The number of halogens is 1. The normalized spacial score (nSPS) is 10.2. The number of carbonyl (C=O) groups is 1. The number of aromatic amines is 1. The first-order chi connectivity index (χ1) is 8.06. The standard InChI is InChI=1S/C11H7FN2O2S/c12-7-3-1-2-6(4-7)10-13-8(11(15)16)5-9(17)14-10/h1-5H,(H,15,16)(H,13,14,17). The number of carboxylic acid groups (broad SMARTS) is 1. The van der Waals surface area contributed by atoms with Gasteiger partial charge in [-0.2, -0.15) is 0 Å². The van der Waals surface area contributed by atoms with Crippen molar-refractivity contribution in [1.29, 1.82) is 0 Å². The molecule has 0 atom stereocenters. The molecule has 17 heavy (non-hydrogen) atoms. The quantitative estimate of drug-likeness (QED) is 0.804. The van der Waals surface area contributed by atoms with Crippen LogP contribution < -0.4 is 0 Å². The molecule has 0 saturated carbocycles. The summed E-state index contributed by atoms with van der Waals surface area (Å²) in [4.78, 5) is 17.4. The van der Waals surface area contributed by atoms with E-state index in [9.17, 15) is 9.18 Å². The third kappa shape index (κ3) is 2.54. The highest BCUT2D eigenvalue weighted by molar-refractivity contribution is 7.71. The van der Waals surface area contributed by atoms with Gasteiger partial charge in [0, 0.05) is 11.6 Å². The van der Waals surface area contributed by atoms with Gasteiger partial charge in [-0.25, -0.2) is 14.2 Å². The number of H-pyrrole nitrogens is 1. The third-order valence-corrected chi connectivity index (χ3v) is 2.28. The second-order valence-electron chi connectivity index (χ2n) is 3.30. The molecule has 1 aromatic heterocycles. The van der Waals surface area contributed by atoms with Crippen molar-refractivity contribution in [3.8, 4) is 11.4 Å². The first-order valence-electron chi connectivity index (χ1n) is 4.67.